The highest BCUT2D eigenvalue weighted by molar-refractivity contribution is 5.92. The van der Waals surface area contributed by atoms with Crippen molar-refractivity contribution in [3.63, 3.8) is 0 Å². The molecular formula is C14H20ClN3O3. The molecule has 2 N–H and O–H groups in total. The molecule has 2 heterocycles. The van der Waals surface area contributed by atoms with Gasteiger partial charge in [0.1, 0.15) is 0 Å². The lowest BCUT2D eigenvalue weighted by atomic mass is 10.2. The molecule has 21 heavy (non-hydrogen) atoms. The van der Waals surface area contributed by atoms with E-state index in [1.807, 2.05) is 12.1 Å². The molecule has 0 bridgehead atoms. The van der Waals surface area contributed by atoms with Crippen LogP contribution in [0.2, 0.25) is 0 Å². The van der Waals surface area contributed by atoms with Crippen molar-refractivity contribution in [3.05, 3.63) is 18.2 Å². The van der Waals surface area contributed by atoms with E-state index in [1.54, 1.807) is 6.07 Å². The molecule has 0 unspecified atom stereocenters. The van der Waals surface area contributed by atoms with Crippen molar-refractivity contribution in [1.29, 1.82) is 0 Å². The van der Waals surface area contributed by atoms with Gasteiger partial charge in [0.05, 0.1) is 6.54 Å². The van der Waals surface area contributed by atoms with Gasteiger partial charge in [-0.2, -0.15) is 0 Å². The summed E-state index contributed by atoms with van der Waals surface area (Å²) < 4.78 is 10.5. The van der Waals surface area contributed by atoms with Crippen molar-refractivity contribution < 1.29 is 14.3 Å². The Hall–Kier alpha value is -1.50. The number of anilines is 1. The third-order valence-electron chi connectivity index (χ3n) is 3.46. The van der Waals surface area contributed by atoms with Crippen molar-refractivity contribution in [3.8, 4) is 11.5 Å². The summed E-state index contributed by atoms with van der Waals surface area (Å²) in [7, 11) is 0. The Bertz CT molecular complexity index is 490. The third kappa shape index (κ3) is 4.23. The summed E-state index contributed by atoms with van der Waals surface area (Å²) in [6, 6.07) is 5.44. The first-order chi connectivity index (χ1) is 9.81. The topological polar surface area (TPSA) is 62.8 Å². The van der Waals surface area contributed by atoms with E-state index in [1.165, 1.54) is 0 Å². The van der Waals surface area contributed by atoms with Crippen molar-refractivity contribution >= 4 is 24.0 Å². The monoisotopic (exact) mass is 313 g/mol. The Morgan fingerprint density at radius 2 is 2.10 bits per heavy atom. The molecular weight excluding hydrogens is 294 g/mol. The molecule has 7 heteroatoms. The summed E-state index contributed by atoms with van der Waals surface area (Å²) in [6.45, 7) is 4.51. The van der Waals surface area contributed by atoms with Crippen molar-refractivity contribution in [1.82, 2.24) is 10.2 Å². The fourth-order valence-corrected chi connectivity index (χ4v) is 2.44. The summed E-state index contributed by atoms with van der Waals surface area (Å²) in [6.07, 6.45) is 1.08. The van der Waals surface area contributed by atoms with Crippen LogP contribution in [0.4, 0.5) is 5.69 Å². The molecule has 116 valence electrons. The van der Waals surface area contributed by atoms with Gasteiger partial charge in [0.15, 0.2) is 11.5 Å². The van der Waals surface area contributed by atoms with Crippen molar-refractivity contribution in [2.24, 2.45) is 0 Å². The smallest absolute Gasteiger partial charge is 0.238 e. The average molecular weight is 314 g/mol. The standard InChI is InChI=1S/C14H19N3O3.ClH/c18-14(9-17-6-1-4-15-5-7-17)16-11-2-3-12-13(8-11)20-10-19-12;/h2-3,8,15H,1,4-7,9-10H2,(H,16,18);1H. The normalized spacial score (nSPS) is 17.7. The van der Waals surface area contributed by atoms with Gasteiger partial charge >= 0.3 is 0 Å². The number of nitrogens with one attached hydrogen (secondary N) is 2. The summed E-state index contributed by atoms with van der Waals surface area (Å²) in [5.41, 5.74) is 0.743. The minimum Gasteiger partial charge on any atom is -0.454 e. The Morgan fingerprint density at radius 3 is 3.00 bits per heavy atom. The molecule has 0 spiro atoms. The van der Waals surface area contributed by atoms with Crippen LogP contribution < -0.4 is 20.1 Å². The summed E-state index contributed by atoms with van der Waals surface area (Å²) in [5, 5.41) is 6.23. The average Bonchev–Trinajstić information content (AvgIpc) is 2.75. The number of halogens is 1. The number of hydrogen-bond acceptors (Lipinski definition) is 5. The fraction of sp³-hybridized carbons (Fsp3) is 0.500. The largest absolute Gasteiger partial charge is 0.454 e. The maximum absolute atomic E-state index is 12.0. The fourth-order valence-electron chi connectivity index (χ4n) is 2.44. The number of nitrogens with zero attached hydrogens (tertiary/aromatic N) is 1. The lowest BCUT2D eigenvalue weighted by Gasteiger charge is -2.18. The minimum absolute atomic E-state index is 0. The highest BCUT2D eigenvalue weighted by Crippen LogP contribution is 2.34. The molecule has 0 aromatic heterocycles. The number of carbonyl (C=O) groups is 1. The van der Waals surface area contributed by atoms with Crippen LogP contribution in [0.1, 0.15) is 6.42 Å². The molecule has 0 aliphatic carbocycles. The molecule has 1 saturated heterocycles. The van der Waals surface area contributed by atoms with Gasteiger partial charge in [0.25, 0.3) is 0 Å². The SMILES string of the molecule is Cl.O=C(CN1CCCNCC1)Nc1ccc2c(c1)OCO2. The lowest BCUT2D eigenvalue weighted by Crippen LogP contribution is -2.35. The van der Waals surface area contributed by atoms with E-state index in [9.17, 15) is 4.79 Å². The predicted octanol–water partition coefficient (Wildman–Crippen LogP) is 1.07. The number of fused-ring (bicyclic) bond motifs is 1. The number of ether oxygens (including phenoxy) is 2. The van der Waals surface area contributed by atoms with Crippen LogP contribution in [0.15, 0.2) is 18.2 Å². The first-order valence-electron chi connectivity index (χ1n) is 6.94. The Balaban J connectivity index is 0.00000161. The Kier molecular flexibility index (Phi) is 5.67. The van der Waals surface area contributed by atoms with Crippen LogP contribution in [0.3, 0.4) is 0 Å². The van der Waals surface area contributed by atoms with Crippen LogP contribution in [-0.4, -0.2) is 50.3 Å². The van der Waals surface area contributed by atoms with E-state index in [0.717, 1.165) is 44.0 Å². The molecule has 0 saturated carbocycles. The minimum atomic E-state index is 0. The summed E-state index contributed by atoms with van der Waals surface area (Å²) in [5.74, 6) is 1.41. The van der Waals surface area contributed by atoms with Gasteiger partial charge < -0.3 is 20.1 Å². The zero-order valence-electron chi connectivity index (χ0n) is 11.8. The number of benzene rings is 1. The van der Waals surface area contributed by atoms with Crippen LogP contribution in [0, 0.1) is 0 Å². The molecule has 6 nitrogen and oxygen atoms in total. The lowest BCUT2D eigenvalue weighted by molar-refractivity contribution is -0.117. The second kappa shape index (κ2) is 7.49. The quantitative estimate of drug-likeness (QED) is 0.874. The molecule has 0 radical (unpaired) electrons. The van der Waals surface area contributed by atoms with Gasteiger partial charge in [-0.25, -0.2) is 0 Å². The molecule has 3 rings (SSSR count). The van der Waals surface area contributed by atoms with Crippen LogP contribution in [0.5, 0.6) is 11.5 Å². The summed E-state index contributed by atoms with van der Waals surface area (Å²) >= 11 is 0. The van der Waals surface area contributed by atoms with E-state index in [-0.39, 0.29) is 25.1 Å². The van der Waals surface area contributed by atoms with Crippen LogP contribution >= 0.6 is 12.4 Å². The van der Waals surface area contributed by atoms with E-state index in [4.69, 9.17) is 9.47 Å². The summed E-state index contributed by atoms with van der Waals surface area (Å²) in [4.78, 5) is 14.2. The van der Waals surface area contributed by atoms with Gasteiger partial charge in [0.2, 0.25) is 12.7 Å². The molecule has 1 fully saturated rings. The molecule has 1 aromatic carbocycles. The van der Waals surface area contributed by atoms with E-state index < -0.39 is 0 Å². The van der Waals surface area contributed by atoms with E-state index in [0.29, 0.717) is 12.3 Å². The maximum atomic E-state index is 12.0. The van der Waals surface area contributed by atoms with E-state index >= 15 is 0 Å². The Labute approximate surface area is 130 Å². The first-order valence-corrected chi connectivity index (χ1v) is 6.94. The van der Waals surface area contributed by atoms with Gasteiger partial charge in [-0.3, -0.25) is 9.69 Å². The molecule has 1 aromatic rings. The Morgan fingerprint density at radius 1 is 1.24 bits per heavy atom. The molecule has 0 atom stereocenters. The molecule has 1 amide bonds. The highest BCUT2D eigenvalue weighted by Gasteiger charge is 2.16. The van der Waals surface area contributed by atoms with Gasteiger partial charge in [-0.1, -0.05) is 0 Å². The van der Waals surface area contributed by atoms with Crippen molar-refractivity contribution in [2.75, 3.05) is 44.8 Å². The second-order valence-corrected chi connectivity index (χ2v) is 5.00. The molecule has 2 aliphatic heterocycles. The number of amides is 1. The van der Waals surface area contributed by atoms with Gasteiger partial charge in [-0.15, -0.1) is 12.4 Å². The van der Waals surface area contributed by atoms with E-state index in [2.05, 4.69) is 15.5 Å². The van der Waals surface area contributed by atoms with Crippen LogP contribution in [0.25, 0.3) is 0 Å². The second-order valence-electron chi connectivity index (χ2n) is 5.00. The first kappa shape index (κ1) is 15.9. The van der Waals surface area contributed by atoms with Crippen LogP contribution in [-0.2, 0) is 4.79 Å². The highest BCUT2D eigenvalue weighted by atomic mass is 35.5. The predicted molar refractivity (Wildman–Crippen MR) is 82.4 cm³/mol. The third-order valence-corrected chi connectivity index (χ3v) is 3.46. The number of carbonyl (C=O) groups excluding carboxylic acids is 1. The van der Waals surface area contributed by atoms with Crippen molar-refractivity contribution in [2.45, 2.75) is 6.42 Å². The maximum Gasteiger partial charge on any atom is 0.238 e. The zero-order chi connectivity index (χ0) is 13.8. The van der Waals surface area contributed by atoms with Gasteiger partial charge in [-0.05, 0) is 31.6 Å². The van der Waals surface area contributed by atoms with Gasteiger partial charge in [0, 0.05) is 24.8 Å². The molecule has 2 aliphatic rings. The number of hydrogen-bond donors (Lipinski definition) is 2. The zero-order valence-corrected chi connectivity index (χ0v) is 12.6. The number of rotatable bonds is 3.